The lowest BCUT2D eigenvalue weighted by molar-refractivity contribution is -0.335. The molecule has 6 heteroatoms. The molecule has 1 N–H and O–H groups in total. The number of esters is 1. The van der Waals surface area contributed by atoms with E-state index in [0.29, 0.717) is 25.0 Å². The fourth-order valence-corrected chi connectivity index (χ4v) is 2.35. The van der Waals surface area contributed by atoms with Crippen molar-refractivity contribution < 1.29 is 29.5 Å². The van der Waals surface area contributed by atoms with Gasteiger partial charge < -0.3 is 4.74 Å². The van der Waals surface area contributed by atoms with Crippen molar-refractivity contribution in [3.8, 4) is 0 Å². The van der Waals surface area contributed by atoms with E-state index in [9.17, 15) is 4.79 Å². The van der Waals surface area contributed by atoms with Crippen LogP contribution in [-0.4, -0.2) is 37.2 Å². The van der Waals surface area contributed by atoms with Gasteiger partial charge in [-0.25, -0.2) is 19.5 Å². The molecule has 0 aliphatic heterocycles. The number of hydrogen-bond acceptors (Lipinski definition) is 6. The lowest BCUT2D eigenvalue weighted by Gasteiger charge is -2.30. The summed E-state index contributed by atoms with van der Waals surface area (Å²) in [6, 6.07) is 0. The van der Waals surface area contributed by atoms with Crippen LogP contribution in [0, 0.1) is 11.8 Å². The van der Waals surface area contributed by atoms with Gasteiger partial charge in [0.05, 0.1) is 13.2 Å². The minimum atomic E-state index is -0.479. The zero-order valence-electron chi connectivity index (χ0n) is 12.0. The molecule has 1 saturated carbocycles. The highest BCUT2D eigenvalue weighted by Gasteiger charge is 2.26. The molecule has 6 nitrogen and oxygen atoms in total. The van der Waals surface area contributed by atoms with E-state index in [4.69, 9.17) is 19.8 Å². The highest BCUT2D eigenvalue weighted by atomic mass is 17.2. The van der Waals surface area contributed by atoms with Gasteiger partial charge in [0.1, 0.15) is 12.7 Å². The second-order valence-corrected chi connectivity index (χ2v) is 5.13. The van der Waals surface area contributed by atoms with Gasteiger partial charge in [0.25, 0.3) is 0 Å². The van der Waals surface area contributed by atoms with Crippen molar-refractivity contribution in [2.24, 2.45) is 11.8 Å². The zero-order valence-corrected chi connectivity index (χ0v) is 12.0. The molecule has 0 saturated heterocycles. The standard InChI is InChI=1S/C14H24O6/c1-3-14(15)17-8-11(2)20-19-10-13-7-5-4-6-12(13)9-18-16/h3,11-13,16H,1,4-10H2,2H3. The molecule has 20 heavy (non-hydrogen) atoms. The highest BCUT2D eigenvalue weighted by molar-refractivity contribution is 5.81. The minimum absolute atomic E-state index is 0.124. The number of ether oxygens (including phenoxy) is 1. The molecule has 116 valence electrons. The van der Waals surface area contributed by atoms with Gasteiger partial charge in [-0.2, -0.15) is 0 Å². The van der Waals surface area contributed by atoms with E-state index >= 15 is 0 Å². The molecule has 0 aromatic rings. The lowest BCUT2D eigenvalue weighted by Crippen LogP contribution is -2.28. The Kier molecular flexibility index (Phi) is 8.45. The predicted octanol–water partition coefficient (Wildman–Crippen LogP) is 2.35. The Labute approximate surface area is 119 Å². The molecular formula is C14H24O6. The molecule has 0 bridgehead atoms. The zero-order chi connectivity index (χ0) is 14.8. The van der Waals surface area contributed by atoms with Gasteiger partial charge >= 0.3 is 5.97 Å². The van der Waals surface area contributed by atoms with Crippen molar-refractivity contribution in [1.82, 2.24) is 0 Å². The third-order valence-corrected chi connectivity index (χ3v) is 3.50. The number of carbonyl (C=O) groups is 1. The van der Waals surface area contributed by atoms with Crippen molar-refractivity contribution in [2.45, 2.75) is 38.7 Å². The molecule has 0 aromatic carbocycles. The number of carbonyl (C=O) groups excluding carboxylic acids is 1. The summed E-state index contributed by atoms with van der Waals surface area (Å²) < 4.78 is 4.84. The molecule has 0 spiro atoms. The molecule has 1 aliphatic carbocycles. The molecule has 0 amide bonds. The highest BCUT2D eigenvalue weighted by Crippen LogP contribution is 2.30. The first-order valence-electron chi connectivity index (χ1n) is 7.01. The van der Waals surface area contributed by atoms with E-state index in [-0.39, 0.29) is 12.7 Å². The second kappa shape index (κ2) is 9.88. The normalized spacial score (nSPS) is 24.1. The first kappa shape index (κ1) is 17.1. The van der Waals surface area contributed by atoms with Gasteiger partial charge in [0.2, 0.25) is 0 Å². The summed E-state index contributed by atoms with van der Waals surface area (Å²) in [5, 5.41) is 8.57. The van der Waals surface area contributed by atoms with Crippen LogP contribution >= 0.6 is 0 Å². The molecule has 0 radical (unpaired) electrons. The molecule has 0 heterocycles. The average Bonchev–Trinajstić information content (AvgIpc) is 2.46. The van der Waals surface area contributed by atoms with Crippen molar-refractivity contribution >= 4 is 5.97 Å². The topological polar surface area (TPSA) is 74.2 Å². The van der Waals surface area contributed by atoms with E-state index in [0.717, 1.165) is 31.8 Å². The molecule has 3 atom stereocenters. The lowest BCUT2D eigenvalue weighted by atomic mass is 9.80. The van der Waals surface area contributed by atoms with Crippen LogP contribution in [0.1, 0.15) is 32.6 Å². The molecule has 1 fully saturated rings. The largest absolute Gasteiger partial charge is 0.460 e. The van der Waals surface area contributed by atoms with Crippen LogP contribution in [0.2, 0.25) is 0 Å². The maximum atomic E-state index is 10.9. The first-order chi connectivity index (χ1) is 9.67. The van der Waals surface area contributed by atoms with Crippen LogP contribution in [0.3, 0.4) is 0 Å². The van der Waals surface area contributed by atoms with Crippen LogP contribution in [0.4, 0.5) is 0 Å². The summed E-state index contributed by atoms with van der Waals surface area (Å²) in [6.07, 6.45) is 5.14. The minimum Gasteiger partial charge on any atom is -0.460 e. The Balaban J connectivity index is 2.17. The Bertz CT molecular complexity index is 291. The maximum Gasteiger partial charge on any atom is 0.330 e. The first-order valence-corrected chi connectivity index (χ1v) is 7.01. The molecule has 3 unspecified atom stereocenters. The van der Waals surface area contributed by atoms with Gasteiger partial charge in [-0.05, 0) is 31.6 Å². The summed E-state index contributed by atoms with van der Waals surface area (Å²) >= 11 is 0. The van der Waals surface area contributed by atoms with Crippen LogP contribution in [0.5, 0.6) is 0 Å². The van der Waals surface area contributed by atoms with Crippen molar-refractivity contribution in [3.05, 3.63) is 12.7 Å². The van der Waals surface area contributed by atoms with Crippen LogP contribution in [0.15, 0.2) is 12.7 Å². The van der Waals surface area contributed by atoms with Gasteiger partial charge in [0.15, 0.2) is 0 Å². The van der Waals surface area contributed by atoms with E-state index in [2.05, 4.69) is 11.5 Å². The number of rotatable bonds is 9. The van der Waals surface area contributed by atoms with Crippen LogP contribution in [0.25, 0.3) is 0 Å². The van der Waals surface area contributed by atoms with E-state index in [1.54, 1.807) is 6.92 Å². The Hall–Kier alpha value is -0.950. The summed E-state index contributed by atoms with van der Waals surface area (Å²) in [7, 11) is 0. The maximum absolute atomic E-state index is 10.9. The molecular weight excluding hydrogens is 264 g/mol. The van der Waals surface area contributed by atoms with Gasteiger partial charge in [-0.1, -0.05) is 19.4 Å². The number of hydrogen-bond donors (Lipinski definition) is 1. The Morgan fingerprint density at radius 2 is 2.00 bits per heavy atom. The van der Waals surface area contributed by atoms with E-state index in [1.807, 2.05) is 0 Å². The van der Waals surface area contributed by atoms with Crippen LogP contribution in [-0.2, 0) is 24.2 Å². The van der Waals surface area contributed by atoms with Crippen LogP contribution < -0.4 is 0 Å². The van der Waals surface area contributed by atoms with E-state index in [1.165, 1.54) is 0 Å². The monoisotopic (exact) mass is 288 g/mol. The molecule has 1 rings (SSSR count). The summed E-state index contributed by atoms with van der Waals surface area (Å²) in [4.78, 5) is 25.5. The molecule has 1 aliphatic rings. The molecule has 0 aromatic heterocycles. The Morgan fingerprint density at radius 3 is 2.60 bits per heavy atom. The average molecular weight is 288 g/mol. The van der Waals surface area contributed by atoms with Crippen molar-refractivity contribution in [1.29, 1.82) is 0 Å². The smallest absolute Gasteiger partial charge is 0.330 e. The van der Waals surface area contributed by atoms with Gasteiger partial charge in [0, 0.05) is 6.08 Å². The van der Waals surface area contributed by atoms with Crippen molar-refractivity contribution in [3.63, 3.8) is 0 Å². The SMILES string of the molecule is C=CC(=O)OCC(C)OOCC1CCCCC1COO. The van der Waals surface area contributed by atoms with Gasteiger partial charge in [-0.15, -0.1) is 0 Å². The quantitative estimate of drug-likeness (QED) is 0.304. The van der Waals surface area contributed by atoms with Gasteiger partial charge in [-0.3, -0.25) is 5.26 Å². The summed E-state index contributed by atoms with van der Waals surface area (Å²) in [5.41, 5.74) is 0. The fourth-order valence-electron chi connectivity index (χ4n) is 2.35. The summed E-state index contributed by atoms with van der Waals surface area (Å²) in [6.45, 7) is 5.97. The Morgan fingerprint density at radius 1 is 1.35 bits per heavy atom. The third kappa shape index (κ3) is 6.47. The van der Waals surface area contributed by atoms with E-state index < -0.39 is 5.97 Å². The second-order valence-electron chi connectivity index (χ2n) is 5.13. The summed E-state index contributed by atoms with van der Waals surface area (Å²) in [5.74, 6) is 0.137. The fraction of sp³-hybridized carbons (Fsp3) is 0.786. The van der Waals surface area contributed by atoms with Crippen molar-refractivity contribution in [2.75, 3.05) is 19.8 Å². The third-order valence-electron chi connectivity index (χ3n) is 3.50. The predicted molar refractivity (Wildman–Crippen MR) is 71.7 cm³/mol.